The molecule has 2 heterocycles. The smallest absolute Gasteiger partial charge is 0.225 e. The number of amides is 1. The van der Waals surface area contributed by atoms with Gasteiger partial charge in [-0.25, -0.2) is 0 Å². The highest BCUT2D eigenvalue weighted by Crippen LogP contribution is 2.35. The Bertz CT molecular complexity index is 1180. The maximum absolute atomic E-state index is 13.8. The molecule has 0 bridgehead atoms. The van der Waals surface area contributed by atoms with Crippen molar-refractivity contribution >= 4 is 34.3 Å². The van der Waals surface area contributed by atoms with Crippen molar-refractivity contribution in [1.29, 1.82) is 0 Å². The Balaban J connectivity index is 1.67. The fourth-order valence-corrected chi connectivity index (χ4v) is 7.91. The van der Waals surface area contributed by atoms with E-state index in [9.17, 15) is 19.5 Å². The number of benzene rings is 1. The molecule has 1 fully saturated rings. The summed E-state index contributed by atoms with van der Waals surface area (Å²) in [6.07, 6.45) is 0.142. The fraction of sp³-hybridized carbons (Fsp3) is 0.730. The Kier molecular flexibility index (Phi) is 16.0. The molecule has 264 valence electrons. The summed E-state index contributed by atoms with van der Waals surface area (Å²) in [5.41, 5.74) is 1.15. The molecular weight excluding hydrogens is 616 g/mol. The molecule has 1 N–H and O–H groups in total. The molecule has 3 rings (SSSR count). The number of aliphatic imine (C=N–C) groups is 1. The lowest BCUT2D eigenvalue weighted by atomic mass is 9.87. The number of hydrogen-bond donors (Lipinski definition) is 1. The third-order valence-corrected chi connectivity index (χ3v) is 11.4. The number of nitrogens with zero attached hydrogens (tertiary/aromatic N) is 2. The molecule has 2 aliphatic heterocycles. The molecule has 0 aromatic heterocycles. The molecule has 1 amide bonds. The molecule has 1 unspecified atom stereocenters. The van der Waals surface area contributed by atoms with Gasteiger partial charge in [0.25, 0.3) is 0 Å². The second-order valence-electron chi connectivity index (χ2n) is 13.7. The van der Waals surface area contributed by atoms with E-state index in [1.165, 1.54) is 0 Å². The number of likely N-dealkylation sites (N-methyl/N-ethyl adjacent to an activating group) is 1. The zero-order valence-corrected chi connectivity index (χ0v) is 30.5. The van der Waals surface area contributed by atoms with Gasteiger partial charge in [-0.1, -0.05) is 71.4 Å². The summed E-state index contributed by atoms with van der Waals surface area (Å²) in [4.78, 5) is 47.0. The molecule has 2 aliphatic rings. The van der Waals surface area contributed by atoms with Crippen molar-refractivity contribution in [3.8, 4) is 0 Å². The summed E-state index contributed by atoms with van der Waals surface area (Å²) >= 11 is 1.71. The summed E-state index contributed by atoms with van der Waals surface area (Å²) in [5, 5.41) is 11.4. The minimum atomic E-state index is -0.827. The number of carbonyl (C=O) groups is 3. The van der Waals surface area contributed by atoms with Crippen LogP contribution in [0.1, 0.15) is 72.3 Å². The Hall–Kier alpha value is -2.11. The van der Waals surface area contributed by atoms with Gasteiger partial charge in [0.05, 0.1) is 36.0 Å². The number of carbonyl (C=O) groups excluding carboxylic acids is 3. The van der Waals surface area contributed by atoms with Crippen molar-refractivity contribution in [3.05, 3.63) is 35.9 Å². The SMILES string of the molecule is CC[C@H](C)C([C@H](CC(=O)CC[C@H]1O[C@H](C(=O)C[C@@H](Cc2ccccc2)C2=NCCS2)[C@@H](OC)[C@@H]1CO)OC)N(C)C(=O)[C@@H](C)C(C)C. The largest absolute Gasteiger partial charge is 0.396 e. The quantitative estimate of drug-likeness (QED) is 0.199. The number of aliphatic hydroxyl groups excluding tert-OH is 1. The monoisotopic (exact) mass is 674 g/mol. The van der Waals surface area contributed by atoms with Crippen LogP contribution in [0.5, 0.6) is 0 Å². The molecule has 10 heteroatoms. The van der Waals surface area contributed by atoms with Crippen molar-refractivity contribution in [2.45, 2.75) is 104 Å². The van der Waals surface area contributed by atoms with Crippen LogP contribution in [0.15, 0.2) is 35.3 Å². The number of rotatable bonds is 20. The van der Waals surface area contributed by atoms with E-state index in [0.717, 1.165) is 29.3 Å². The van der Waals surface area contributed by atoms with Crippen molar-refractivity contribution in [2.24, 2.45) is 34.6 Å². The molecule has 1 aromatic rings. The van der Waals surface area contributed by atoms with Crippen molar-refractivity contribution < 1.29 is 33.7 Å². The van der Waals surface area contributed by atoms with Gasteiger partial charge in [-0.05, 0) is 30.2 Å². The molecule has 47 heavy (non-hydrogen) atoms. The molecule has 0 radical (unpaired) electrons. The molecule has 0 spiro atoms. The van der Waals surface area contributed by atoms with Gasteiger partial charge in [-0.2, -0.15) is 0 Å². The van der Waals surface area contributed by atoms with E-state index < -0.39 is 30.3 Å². The van der Waals surface area contributed by atoms with Crippen molar-refractivity contribution in [1.82, 2.24) is 4.90 Å². The number of thioether (sulfide) groups is 1. The maximum Gasteiger partial charge on any atom is 0.225 e. The van der Waals surface area contributed by atoms with Crippen LogP contribution in [0.2, 0.25) is 0 Å². The van der Waals surface area contributed by atoms with Gasteiger partial charge in [0.1, 0.15) is 11.9 Å². The minimum absolute atomic E-state index is 0.00821. The fourth-order valence-electron chi connectivity index (χ4n) is 6.93. The zero-order valence-electron chi connectivity index (χ0n) is 29.7. The van der Waals surface area contributed by atoms with E-state index in [4.69, 9.17) is 14.2 Å². The first-order valence-corrected chi connectivity index (χ1v) is 18.3. The third kappa shape index (κ3) is 10.4. The van der Waals surface area contributed by atoms with Gasteiger partial charge in [0.15, 0.2) is 5.78 Å². The molecule has 0 saturated carbocycles. The highest BCUT2D eigenvalue weighted by Gasteiger charge is 2.48. The lowest BCUT2D eigenvalue weighted by molar-refractivity contribution is -0.143. The van der Waals surface area contributed by atoms with Gasteiger partial charge < -0.3 is 24.2 Å². The topological polar surface area (TPSA) is 115 Å². The van der Waals surface area contributed by atoms with Crippen LogP contribution in [-0.2, 0) is 35.0 Å². The molecule has 1 aromatic carbocycles. The number of ketones is 2. The molecule has 1 saturated heterocycles. The van der Waals surface area contributed by atoms with Crippen LogP contribution in [0.3, 0.4) is 0 Å². The standard InChI is InChI=1S/C37H58N2O7S/c1-9-24(4)33(39(6)37(43)25(5)23(2)3)32(44-7)21-28(41)15-16-31-29(22-40)34(45-8)35(46-31)30(42)20-27(36-38-17-18-47-36)19-26-13-11-10-12-14-26/h10-14,23-25,27,29,31-35,40H,9,15-22H2,1-8H3/t24-,25-,27+,29+,31+,32-,33?,34-,35+/m0/s1. The number of aliphatic hydroxyl groups is 1. The molecule has 9 nitrogen and oxygen atoms in total. The van der Waals surface area contributed by atoms with Gasteiger partial charge >= 0.3 is 0 Å². The Morgan fingerprint density at radius 1 is 1.11 bits per heavy atom. The zero-order chi connectivity index (χ0) is 34.7. The van der Waals surface area contributed by atoms with Crippen LogP contribution >= 0.6 is 11.8 Å². The van der Waals surface area contributed by atoms with Gasteiger partial charge in [0.2, 0.25) is 5.91 Å². The van der Waals surface area contributed by atoms with Gasteiger partial charge in [-0.3, -0.25) is 19.4 Å². The Morgan fingerprint density at radius 2 is 1.81 bits per heavy atom. The van der Waals surface area contributed by atoms with E-state index in [1.807, 2.05) is 46.0 Å². The second kappa shape index (κ2) is 19.2. The first kappa shape index (κ1) is 39.3. The van der Waals surface area contributed by atoms with E-state index >= 15 is 0 Å². The van der Waals surface area contributed by atoms with E-state index in [0.29, 0.717) is 12.8 Å². The summed E-state index contributed by atoms with van der Waals surface area (Å²) in [5.74, 6) is 0.604. The first-order valence-electron chi connectivity index (χ1n) is 17.3. The molecule has 9 atom stereocenters. The van der Waals surface area contributed by atoms with Crippen molar-refractivity contribution in [3.63, 3.8) is 0 Å². The maximum atomic E-state index is 13.8. The van der Waals surface area contributed by atoms with E-state index in [-0.39, 0.29) is 73.1 Å². The number of Topliss-reactive ketones (excluding diaryl/α,β-unsaturated/α-hetero) is 2. The van der Waals surface area contributed by atoms with Crippen LogP contribution in [0, 0.1) is 29.6 Å². The highest BCUT2D eigenvalue weighted by molar-refractivity contribution is 8.14. The van der Waals surface area contributed by atoms with Crippen LogP contribution in [-0.4, -0.2) is 103 Å². The summed E-state index contributed by atoms with van der Waals surface area (Å²) in [6, 6.07) is 9.87. The number of methoxy groups -OCH3 is 2. The molecular formula is C37H58N2O7S. The van der Waals surface area contributed by atoms with Crippen LogP contribution in [0.4, 0.5) is 0 Å². The Morgan fingerprint density at radius 3 is 2.36 bits per heavy atom. The highest BCUT2D eigenvalue weighted by atomic mass is 32.2. The second-order valence-corrected chi connectivity index (χ2v) is 14.8. The van der Waals surface area contributed by atoms with Crippen LogP contribution in [0.25, 0.3) is 0 Å². The lowest BCUT2D eigenvalue weighted by Crippen LogP contribution is -2.51. The summed E-state index contributed by atoms with van der Waals surface area (Å²) < 4.78 is 18.0. The lowest BCUT2D eigenvalue weighted by Gasteiger charge is -2.39. The van der Waals surface area contributed by atoms with Gasteiger partial charge in [-0.15, -0.1) is 11.8 Å². The summed E-state index contributed by atoms with van der Waals surface area (Å²) in [7, 11) is 4.95. The van der Waals surface area contributed by atoms with Crippen molar-refractivity contribution in [2.75, 3.05) is 40.2 Å². The van der Waals surface area contributed by atoms with Gasteiger partial charge in [0, 0.05) is 70.6 Å². The first-order chi connectivity index (χ1) is 22.5. The molecule has 0 aliphatic carbocycles. The minimum Gasteiger partial charge on any atom is -0.396 e. The average Bonchev–Trinajstić information content (AvgIpc) is 3.74. The van der Waals surface area contributed by atoms with Crippen LogP contribution < -0.4 is 0 Å². The van der Waals surface area contributed by atoms with E-state index in [2.05, 4.69) is 31.0 Å². The average molecular weight is 675 g/mol. The summed E-state index contributed by atoms with van der Waals surface area (Å²) in [6.45, 7) is 10.7. The third-order valence-electron chi connectivity index (χ3n) is 10.3. The normalized spacial score (nSPS) is 24.4. The Labute approximate surface area is 286 Å². The number of ether oxygens (including phenoxy) is 3. The predicted molar refractivity (Wildman–Crippen MR) is 188 cm³/mol. The van der Waals surface area contributed by atoms with E-state index in [1.54, 1.807) is 30.9 Å². The number of hydrogen-bond acceptors (Lipinski definition) is 9. The predicted octanol–water partition coefficient (Wildman–Crippen LogP) is 5.26.